The van der Waals surface area contributed by atoms with E-state index in [1.807, 2.05) is 20.8 Å². The number of hydrogen-bond acceptors (Lipinski definition) is 3. The zero-order valence-electron chi connectivity index (χ0n) is 17.0. The minimum atomic E-state index is -4.77. The third-order valence-electron chi connectivity index (χ3n) is 4.68. The van der Waals surface area contributed by atoms with Crippen LogP contribution in [0, 0.1) is 5.41 Å². The lowest BCUT2D eigenvalue weighted by molar-refractivity contribution is -0.269. The Morgan fingerprint density at radius 2 is 1.71 bits per heavy atom. The van der Waals surface area contributed by atoms with Crippen LogP contribution in [0.15, 0.2) is 48.5 Å². The summed E-state index contributed by atoms with van der Waals surface area (Å²) in [6.07, 6.45) is -3.83. The average Bonchev–Trinajstić information content (AvgIpc) is 3.14. The molecule has 0 spiro atoms. The summed E-state index contributed by atoms with van der Waals surface area (Å²) < 4.78 is 42.1. The molecule has 0 radical (unpaired) electrons. The van der Waals surface area contributed by atoms with E-state index in [4.69, 9.17) is 28.0 Å². The fraction of sp³-hybridized carbons (Fsp3) is 0.318. The lowest BCUT2D eigenvalue weighted by atomic mass is 9.91. The molecule has 0 fully saturated rings. The minimum Gasteiger partial charge on any atom is -0.352 e. The molecule has 2 aromatic rings. The molecule has 1 heterocycles. The Morgan fingerprint density at radius 3 is 2.26 bits per heavy atom. The molecule has 31 heavy (non-hydrogen) atoms. The van der Waals surface area contributed by atoms with Crippen LogP contribution < -0.4 is 10.8 Å². The van der Waals surface area contributed by atoms with Gasteiger partial charge in [-0.05, 0) is 41.3 Å². The standard InChI is InChI=1S/C22H21Cl2F3N2O2/c1-20(2,3)12-28-19(30)14-6-4-13(5-7-14)18-11-21(31-29-18,22(25,26)27)15-8-9-16(23)17(24)10-15/h4-11,29H,12H2,1-3H3,(H,28,30). The monoisotopic (exact) mass is 472 g/mol. The molecule has 3 rings (SSSR count). The van der Waals surface area contributed by atoms with Gasteiger partial charge in [0.25, 0.3) is 5.91 Å². The first kappa shape index (κ1) is 23.4. The van der Waals surface area contributed by atoms with Crippen molar-refractivity contribution in [2.24, 2.45) is 5.41 Å². The number of carbonyl (C=O) groups is 1. The van der Waals surface area contributed by atoms with Crippen molar-refractivity contribution in [2.45, 2.75) is 32.5 Å². The third-order valence-corrected chi connectivity index (χ3v) is 5.42. The van der Waals surface area contributed by atoms with Crippen LogP contribution >= 0.6 is 23.2 Å². The van der Waals surface area contributed by atoms with E-state index < -0.39 is 11.8 Å². The summed E-state index contributed by atoms with van der Waals surface area (Å²) in [6.45, 7) is 6.48. The van der Waals surface area contributed by atoms with Gasteiger partial charge in [0, 0.05) is 17.7 Å². The maximum absolute atomic E-state index is 14.0. The van der Waals surface area contributed by atoms with E-state index in [0.717, 1.165) is 12.1 Å². The Bertz CT molecular complexity index is 1010. The van der Waals surface area contributed by atoms with E-state index in [0.29, 0.717) is 17.7 Å². The van der Waals surface area contributed by atoms with E-state index in [2.05, 4.69) is 10.8 Å². The molecule has 0 bridgehead atoms. The van der Waals surface area contributed by atoms with Crippen LogP contribution in [-0.4, -0.2) is 18.6 Å². The van der Waals surface area contributed by atoms with Gasteiger partial charge in [0.2, 0.25) is 5.60 Å². The molecule has 9 heteroatoms. The summed E-state index contributed by atoms with van der Waals surface area (Å²) in [5.41, 5.74) is 0.286. The number of alkyl halides is 3. The lowest BCUT2D eigenvalue weighted by Gasteiger charge is -2.28. The highest BCUT2D eigenvalue weighted by Gasteiger charge is 2.59. The van der Waals surface area contributed by atoms with Crippen molar-refractivity contribution >= 4 is 34.8 Å². The van der Waals surface area contributed by atoms with Crippen molar-refractivity contribution in [3.63, 3.8) is 0 Å². The van der Waals surface area contributed by atoms with Gasteiger partial charge in [-0.15, -0.1) is 0 Å². The van der Waals surface area contributed by atoms with Gasteiger partial charge in [-0.2, -0.15) is 13.2 Å². The average molecular weight is 473 g/mol. The minimum absolute atomic E-state index is 0.0149. The van der Waals surface area contributed by atoms with Crippen LogP contribution in [0.25, 0.3) is 5.70 Å². The third kappa shape index (κ3) is 5.00. The Kier molecular flexibility index (Phi) is 6.33. The number of hydrogen-bond donors (Lipinski definition) is 2. The lowest BCUT2D eigenvalue weighted by Crippen LogP contribution is -2.42. The summed E-state index contributed by atoms with van der Waals surface area (Å²) in [6, 6.07) is 9.82. The second-order valence-electron chi connectivity index (χ2n) is 8.45. The van der Waals surface area contributed by atoms with E-state index in [1.54, 1.807) is 24.3 Å². The highest BCUT2D eigenvalue weighted by atomic mass is 35.5. The molecule has 0 aliphatic carbocycles. The van der Waals surface area contributed by atoms with Crippen LogP contribution in [0.1, 0.15) is 42.3 Å². The molecule has 1 amide bonds. The van der Waals surface area contributed by atoms with Gasteiger partial charge < -0.3 is 5.32 Å². The van der Waals surface area contributed by atoms with E-state index in [-0.39, 0.29) is 32.6 Å². The SMILES string of the molecule is CC(C)(C)CNC(=O)c1ccc(C2=CC(c3ccc(Cl)c(Cl)c3)(C(F)(F)F)ON2)cc1. The summed E-state index contributed by atoms with van der Waals surface area (Å²) in [4.78, 5) is 17.3. The Hall–Kier alpha value is -2.22. The van der Waals surface area contributed by atoms with Crippen LogP contribution in [0.2, 0.25) is 10.0 Å². The molecule has 0 saturated carbocycles. The van der Waals surface area contributed by atoms with Gasteiger partial charge in [0.05, 0.1) is 15.7 Å². The molecule has 166 valence electrons. The van der Waals surface area contributed by atoms with E-state index >= 15 is 0 Å². The number of hydroxylamine groups is 1. The van der Waals surface area contributed by atoms with Crippen molar-refractivity contribution in [3.8, 4) is 0 Å². The second kappa shape index (κ2) is 8.37. The maximum atomic E-state index is 14.0. The highest BCUT2D eigenvalue weighted by Crippen LogP contribution is 2.48. The topological polar surface area (TPSA) is 50.4 Å². The smallest absolute Gasteiger partial charge is 0.352 e. The molecule has 2 aromatic carbocycles. The normalized spacial score (nSPS) is 19.0. The zero-order chi connectivity index (χ0) is 23.0. The van der Waals surface area contributed by atoms with Crippen molar-refractivity contribution in [1.29, 1.82) is 0 Å². The number of amides is 1. The summed E-state index contributed by atoms with van der Waals surface area (Å²) in [5.74, 6) is -0.258. The van der Waals surface area contributed by atoms with Crippen LogP contribution in [0.5, 0.6) is 0 Å². The first-order valence-corrected chi connectivity index (χ1v) is 10.2. The molecular weight excluding hydrogens is 452 g/mol. The maximum Gasteiger partial charge on any atom is 0.428 e. The molecule has 1 aliphatic rings. The van der Waals surface area contributed by atoms with Gasteiger partial charge in [0.1, 0.15) is 0 Å². The van der Waals surface area contributed by atoms with Gasteiger partial charge >= 0.3 is 6.18 Å². The molecule has 2 N–H and O–H groups in total. The number of nitrogens with one attached hydrogen (secondary N) is 2. The van der Waals surface area contributed by atoms with E-state index in [1.165, 1.54) is 12.1 Å². The quantitative estimate of drug-likeness (QED) is 0.564. The number of carbonyl (C=O) groups excluding carboxylic acids is 1. The molecular formula is C22H21Cl2F3N2O2. The predicted molar refractivity (Wildman–Crippen MR) is 115 cm³/mol. The zero-order valence-corrected chi connectivity index (χ0v) is 18.5. The fourth-order valence-corrected chi connectivity index (χ4v) is 3.26. The first-order valence-electron chi connectivity index (χ1n) is 9.40. The summed E-state index contributed by atoms with van der Waals surface area (Å²) in [5, 5.41) is 2.95. The summed E-state index contributed by atoms with van der Waals surface area (Å²) in [7, 11) is 0. The van der Waals surface area contributed by atoms with Crippen molar-refractivity contribution in [2.75, 3.05) is 6.54 Å². The molecule has 0 aromatic heterocycles. The highest BCUT2D eigenvalue weighted by molar-refractivity contribution is 6.42. The second-order valence-corrected chi connectivity index (χ2v) is 9.26. The fourth-order valence-electron chi connectivity index (χ4n) is 2.96. The van der Waals surface area contributed by atoms with Crippen LogP contribution in [-0.2, 0) is 10.4 Å². The molecule has 0 saturated heterocycles. The van der Waals surface area contributed by atoms with E-state index in [9.17, 15) is 18.0 Å². The van der Waals surface area contributed by atoms with Gasteiger partial charge in [0.15, 0.2) is 0 Å². The molecule has 1 atom stereocenters. The van der Waals surface area contributed by atoms with Crippen LogP contribution in [0.3, 0.4) is 0 Å². The van der Waals surface area contributed by atoms with Crippen molar-refractivity contribution in [3.05, 3.63) is 75.3 Å². The Morgan fingerprint density at radius 1 is 1.06 bits per heavy atom. The van der Waals surface area contributed by atoms with Crippen molar-refractivity contribution < 1.29 is 22.8 Å². The van der Waals surface area contributed by atoms with Gasteiger partial charge in [-0.3, -0.25) is 15.1 Å². The number of halogens is 5. The van der Waals surface area contributed by atoms with Gasteiger partial charge in [-0.1, -0.05) is 62.2 Å². The molecule has 1 unspecified atom stereocenters. The predicted octanol–water partition coefficient (Wildman–Crippen LogP) is 6.10. The van der Waals surface area contributed by atoms with Crippen molar-refractivity contribution in [1.82, 2.24) is 10.8 Å². The van der Waals surface area contributed by atoms with Gasteiger partial charge in [-0.25, -0.2) is 0 Å². The summed E-state index contributed by atoms with van der Waals surface area (Å²) >= 11 is 11.8. The molecule has 1 aliphatic heterocycles. The molecule has 4 nitrogen and oxygen atoms in total. The Labute approximate surface area is 188 Å². The first-order chi connectivity index (χ1) is 14.3. The number of benzene rings is 2. The Balaban J connectivity index is 1.89. The number of rotatable bonds is 4. The van der Waals surface area contributed by atoms with Crippen LogP contribution in [0.4, 0.5) is 13.2 Å². The largest absolute Gasteiger partial charge is 0.428 e.